The van der Waals surface area contributed by atoms with Crippen LogP contribution in [0.5, 0.6) is 0 Å². The highest BCUT2D eigenvalue weighted by molar-refractivity contribution is 5.79. The molecule has 8 heteroatoms. The summed E-state index contributed by atoms with van der Waals surface area (Å²) in [6, 6.07) is 7.99. The summed E-state index contributed by atoms with van der Waals surface area (Å²) in [5.74, 6) is 2.69. The lowest BCUT2D eigenvalue weighted by molar-refractivity contribution is 0.105. The maximum atomic E-state index is 5.59. The van der Waals surface area contributed by atoms with Crippen LogP contribution in [0.15, 0.2) is 46.1 Å². The highest BCUT2D eigenvalue weighted by Crippen LogP contribution is 2.14. The Morgan fingerprint density at radius 1 is 1.24 bits per heavy atom. The van der Waals surface area contributed by atoms with Gasteiger partial charge in [-0.05, 0) is 43.3 Å². The number of aliphatic imine (C=N–C) groups is 1. The van der Waals surface area contributed by atoms with E-state index in [0.29, 0.717) is 19.8 Å². The van der Waals surface area contributed by atoms with Gasteiger partial charge >= 0.3 is 0 Å². The topological polar surface area (TPSA) is 78.2 Å². The van der Waals surface area contributed by atoms with Crippen LogP contribution < -0.4 is 15.5 Å². The van der Waals surface area contributed by atoms with E-state index in [0.717, 1.165) is 56.7 Å². The van der Waals surface area contributed by atoms with Crippen LogP contribution in [0, 0.1) is 0 Å². The molecule has 8 nitrogen and oxygen atoms in total. The number of furan rings is 1. The number of guanidine groups is 1. The number of aromatic nitrogens is 1. The number of nitrogens with zero attached hydrogens (tertiary/aromatic N) is 4. The van der Waals surface area contributed by atoms with E-state index >= 15 is 0 Å². The number of hydrogen-bond acceptors (Lipinski definition) is 6. The highest BCUT2D eigenvalue weighted by Gasteiger charge is 2.15. The molecule has 1 aliphatic rings. The quantitative estimate of drug-likeness (QED) is 0.377. The van der Waals surface area contributed by atoms with Crippen molar-refractivity contribution in [1.82, 2.24) is 20.5 Å². The molecule has 1 fully saturated rings. The maximum Gasteiger partial charge on any atom is 0.191 e. The number of anilines is 1. The number of ether oxygens (including phenoxy) is 1. The zero-order valence-electron chi connectivity index (χ0n) is 17.4. The van der Waals surface area contributed by atoms with Gasteiger partial charge in [0.25, 0.3) is 0 Å². The predicted molar refractivity (Wildman–Crippen MR) is 115 cm³/mol. The highest BCUT2D eigenvalue weighted by atomic mass is 16.5. The van der Waals surface area contributed by atoms with Gasteiger partial charge in [-0.1, -0.05) is 0 Å². The van der Waals surface area contributed by atoms with Gasteiger partial charge in [-0.25, -0.2) is 4.98 Å². The van der Waals surface area contributed by atoms with E-state index in [1.165, 1.54) is 5.56 Å². The summed E-state index contributed by atoms with van der Waals surface area (Å²) in [4.78, 5) is 13.5. The summed E-state index contributed by atoms with van der Waals surface area (Å²) < 4.78 is 10.8. The van der Waals surface area contributed by atoms with Crippen molar-refractivity contribution in [1.29, 1.82) is 0 Å². The lowest BCUT2D eigenvalue weighted by Gasteiger charge is -2.33. The van der Waals surface area contributed by atoms with Crippen molar-refractivity contribution < 1.29 is 9.15 Å². The van der Waals surface area contributed by atoms with Crippen LogP contribution in [0.4, 0.5) is 5.82 Å². The first-order valence-corrected chi connectivity index (χ1v) is 10.2. The van der Waals surface area contributed by atoms with E-state index in [4.69, 9.17) is 9.15 Å². The summed E-state index contributed by atoms with van der Waals surface area (Å²) in [7, 11) is 3.94. The minimum absolute atomic E-state index is 0.512. The molecule has 158 valence electrons. The molecule has 0 bridgehead atoms. The van der Waals surface area contributed by atoms with Gasteiger partial charge in [0.15, 0.2) is 5.96 Å². The second kappa shape index (κ2) is 11.4. The first-order chi connectivity index (χ1) is 14.2. The lowest BCUT2D eigenvalue weighted by Crippen LogP contribution is -2.44. The Balaban J connectivity index is 1.35. The van der Waals surface area contributed by atoms with E-state index < -0.39 is 0 Å². The molecule has 1 saturated heterocycles. The fraction of sp³-hybridized carbons (Fsp3) is 0.524. The molecule has 2 aromatic heterocycles. The number of rotatable bonds is 9. The fourth-order valence-corrected chi connectivity index (χ4v) is 3.13. The molecule has 0 radical (unpaired) electrons. The molecule has 1 aliphatic heterocycles. The van der Waals surface area contributed by atoms with Gasteiger partial charge in [-0.2, -0.15) is 0 Å². The van der Waals surface area contributed by atoms with Gasteiger partial charge in [-0.15, -0.1) is 0 Å². The molecule has 0 aromatic carbocycles. The SMILES string of the molecule is CN=C(NCCCOCc1ccco1)NCc1ccnc(N2CCN(C)CC2)c1. The first-order valence-electron chi connectivity index (χ1n) is 10.2. The van der Waals surface area contributed by atoms with Crippen molar-refractivity contribution >= 4 is 11.8 Å². The Hall–Kier alpha value is -2.58. The summed E-state index contributed by atoms with van der Waals surface area (Å²) >= 11 is 0. The average Bonchev–Trinajstić information content (AvgIpc) is 3.27. The van der Waals surface area contributed by atoms with Crippen molar-refractivity contribution in [3.05, 3.63) is 48.0 Å². The minimum atomic E-state index is 0.512. The summed E-state index contributed by atoms with van der Waals surface area (Å²) in [5.41, 5.74) is 1.19. The van der Waals surface area contributed by atoms with Crippen LogP contribution in [-0.2, 0) is 17.9 Å². The smallest absolute Gasteiger partial charge is 0.191 e. The van der Waals surface area contributed by atoms with Crippen LogP contribution >= 0.6 is 0 Å². The van der Waals surface area contributed by atoms with Gasteiger partial charge in [0.1, 0.15) is 18.2 Å². The third-order valence-corrected chi connectivity index (χ3v) is 4.90. The Bertz CT molecular complexity index is 741. The predicted octanol–water partition coefficient (Wildman–Crippen LogP) is 1.70. The maximum absolute atomic E-state index is 5.59. The summed E-state index contributed by atoms with van der Waals surface area (Å²) in [6.07, 6.45) is 4.44. The molecule has 0 saturated carbocycles. The Morgan fingerprint density at radius 2 is 2.10 bits per heavy atom. The second-order valence-corrected chi connectivity index (χ2v) is 7.15. The third kappa shape index (κ3) is 7.07. The van der Waals surface area contributed by atoms with Crippen molar-refractivity contribution in [3.8, 4) is 0 Å². The molecule has 0 aliphatic carbocycles. The number of likely N-dealkylation sites (N-methyl/N-ethyl adjacent to an activating group) is 1. The van der Waals surface area contributed by atoms with Gasteiger partial charge in [-0.3, -0.25) is 4.99 Å². The molecule has 0 amide bonds. The van der Waals surface area contributed by atoms with Crippen molar-refractivity contribution in [2.45, 2.75) is 19.6 Å². The molecule has 0 unspecified atom stereocenters. The zero-order chi connectivity index (χ0) is 20.3. The Kier molecular flexibility index (Phi) is 8.33. The van der Waals surface area contributed by atoms with Crippen LogP contribution in [0.25, 0.3) is 0 Å². The van der Waals surface area contributed by atoms with E-state index in [1.54, 1.807) is 13.3 Å². The molecule has 0 atom stereocenters. The van der Waals surface area contributed by atoms with Crippen LogP contribution in [0.1, 0.15) is 17.7 Å². The van der Waals surface area contributed by atoms with Crippen molar-refractivity contribution in [2.75, 3.05) is 58.3 Å². The molecule has 2 N–H and O–H groups in total. The average molecular weight is 401 g/mol. The molecule has 0 spiro atoms. The number of hydrogen-bond donors (Lipinski definition) is 2. The van der Waals surface area contributed by atoms with Gasteiger partial charge in [0.2, 0.25) is 0 Å². The Morgan fingerprint density at radius 3 is 2.86 bits per heavy atom. The monoisotopic (exact) mass is 400 g/mol. The molecule has 3 rings (SSSR count). The van der Waals surface area contributed by atoms with Crippen LogP contribution in [0.3, 0.4) is 0 Å². The zero-order valence-corrected chi connectivity index (χ0v) is 17.4. The Labute approximate surface area is 173 Å². The molecule has 3 heterocycles. The van der Waals surface area contributed by atoms with E-state index in [-0.39, 0.29) is 0 Å². The molecule has 2 aromatic rings. The first kappa shape index (κ1) is 21.1. The number of pyridine rings is 1. The fourth-order valence-electron chi connectivity index (χ4n) is 3.13. The van der Waals surface area contributed by atoms with Gasteiger partial charge in [0.05, 0.1) is 6.26 Å². The second-order valence-electron chi connectivity index (χ2n) is 7.15. The molecule has 29 heavy (non-hydrogen) atoms. The third-order valence-electron chi connectivity index (χ3n) is 4.90. The summed E-state index contributed by atoms with van der Waals surface area (Å²) in [6.45, 7) is 6.87. The minimum Gasteiger partial charge on any atom is -0.467 e. The van der Waals surface area contributed by atoms with E-state index in [1.807, 2.05) is 24.4 Å². The lowest BCUT2D eigenvalue weighted by atomic mass is 10.2. The van der Waals surface area contributed by atoms with Crippen molar-refractivity contribution in [3.63, 3.8) is 0 Å². The van der Waals surface area contributed by atoms with Gasteiger partial charge < -0.3 is 29.6 Å². The van der Waals surface area contributed by atoms with Crippen LogP contribution in [0.2, 0.25) is 0 Å². The normalized spacial score (nSPS) is 15.5. The molecular weight excluding hydrogens is 368 g/mol. The largest absolute Gasteiger partial charge is 0.467 e. The molecular formula is C21H32N6O2. The number of nitrogens with one attached hydrogen (secondary N) is 2. The standard InChI is InChI=1S/C21H32N6O2/c1-22-21(24-7-4-13-28-17-19-5-3-14-29-19)25-16-18-6-8-23-20(15-18)27-11-9-26(2)10-12-27/h3,5-6,8,14-15H,4,7,9-13,16-17H2,1-2H3,(H2,22,24,25). The van der Waals surface area contributed by atoms with E-state index in [2.05, 4.69) is 43.5 Å². The summed E-state index contributed by atoms with van der Waals surface area (Å²) in [5, 5.41) is 6.68. The van der Waals surface area contributed by atoms with Gasteiger partial charge in [0, 0.05) is 59.1 Å². The number of piperazine rings is 1. The van der Waals surface area contributed by atoms with E-state index in [9.17, 15) is 0 Å². The van der Waals surface area contributed by atoms with Crippen molar-refractivity contribution in [2.24, 2.45) is 4.99 Å². The van der Waals surface area contributed by atoms with Crippen LogP contribution in [-0.4, -0.2) is 69.3 Å².